The monoisotopic (exact) mass is 249 g/mol. The van der Waals surface area contributed by atoms with Crippen molar-refractivity contribution in [2.24, 2.45) is 0 Å². The van der Waals surface area contributed by atoms with Gasteiger partial charge in [0, 0.05) is 19.2 Å². The SMILES string of the molecule is COC1(CNC(=O)c2ccc(C)c(O)c2)CCC1. The van der Waals surface area contributed by atoms with E-state index in [1.807, 2.05) is 0 Å². The first-order chi connectivity index (χ1) is 8.56. The van der Waals surface area contributed by atoms with Crippen molar-refractivity contribution < 1.29 is 14.6 Å². The van der Waals surface area contributed by atoms with Gasteiger partial charge in [0.25, 0.3) is 5.91 Å². The topological polar surface area (TPSA) is 58.6 Å². The summed E-state index contributed by atoms with van der Waals surface area (Å²) < 4.78 is 5.44. The highest BCUT2D eigenvalue weighted by Crippen LogP contribution is 2.34. The molecule has 18 heavy (non-hydrogen) atoms. The van der Waals surface area contributed by atoms with E-state index in [1.54, 1.807) is 26.2 Å². The molecule has 4 heteroatoms. The summed E-state index contributed by atoms with van der Waals surface area (Å²) in [6.45, 7) is 2.32. The van der Waals surface area contributed by atoms with Crippen LogP contribution in [0.15, 0.2) is 18.2 Å². The molecule has 0 atom stereocenters. The number of carbonyl (C=O) groups excluding carboxylic acids is 1. The van der Waals surface area contributed by atoms with Crippen LogP contribution in [0.4, 0.5) is 0 Å². The molecule has 0 aliphatic heterocycles. The molecule has 0 radical (unpaired) electrons. The molecule has 0 aromatic heterocycles. The maximum Gasteiger partial charge on any atom is 0.251 e. The fourth-order valence-electron chi connectivity index (χ4n) is 2.12. The molecule has 1 aliphatic carbocycles. The molecule has 1 aliphatic rings. The van der Waals surface area contributed by atoms with E-state index in [-0.39, 0.29) is 17.3 Å². The number of methoxy groups -OCH3 is 1. The molecule has 0 saturated heterocycles. The number of aromatic hydroxyl groups is 1. The smallest absolute Gasteiger partial charge is 0.251 e. The molecule has 2 rings (SSSR count). The summed E-state index contributed by atoms with van der Waals surface area (Å²) in [6.07, 6.45) is 3.13. The molecule has 0 unspecified atom stereocenters. The average molecular weight is 249 g/mol. The minimum Gasteiger partial charge on any atom is -0.508 e. The Bertz CT molecular complexity index is 447. The Morgan fingerprint density at radius 2 is 2.22 bits per heavy atom. The van der Waals surface area contributed by atoms with Gasteiger partial charge in [-0.15, -0.1) is 0 Å². The number of benzene rings is 1. The number of nitrogens with one attached hydrogen (secondary N) is 1. The summed E-state index contributed by atoms with van der Waals surface area (Å²) in [5.74, 6) is -0.0265. The van der Waals surface area contributed by atoms with Crippen molar-refractivity contribution in [3.8, 4) is 5.75 Å². The normalized spacial score (nSPS) is 17.0. The standard InChI is InChI=1S/C14H19NO3/c1-10-4-5-11(8-12(10)16)13(17)15-9-14(18-2)6-3-7-14/h4-5,8,16H,3,6-7,9H2,1-2H3,(H,15,17). The van der Waals surface area contributed by atoms with Gasteiger partial charge in [0.2, 0.25) is 0 Å². The van der Waals surface area contributed by atoms with Gasteiger partial charge in [0.05, 0.1) is 5.60 Å². The number of aryl methyl sites for hydroxylation is 1. The van der Waals surface area contributed by atoms with Crippen molar-refractivity contribution in [2.75, 3.05) is 13.7 Å². The van der Waals surface area contributed by atoms with Crippen molar-refractivity contribution in [3.05, 3.63) is 29.3 Å². The molecule has 0 heterocycles. The predicted molar refractivity (Wildman–Crippen MR) is 68.8 cm³/mol. The van der Waals surface area contributed by atoms with Crippen molar-refractivity contribution >= 4 is 5.91 Å². The number of rotatable bonds is 4. The van der Waals surface area contributed by atoms with Gasteiger partial charge in [-0.3, -0.25) is 4.79 Å². The molecule has 0 spiro atoms. The third-order valence-electron chi connectivity index (χ3n) is 3.74. The van der Waals surface area contributed by atoms with Gasteiger partial charge in [-0.05, 0) is 43.9 Å². The molecule has 1 saturated carbocycles. The van der Waals surface area contributed by atoms with Crippen LogP contribution in [0.3, 0.4) is 0 Å². The van der Waals surface area contributed by atoms with Crippen LogP contribution in [0.5, 0.6) is 5.75 Å². The zero-order valence-corrected chi connectivity index (χ0v) is 10.8. The third-order valence-corrected chi connectivity index (χ3v) is 3.74. The van der Waals surface area contributed by atoms with Gasteiger partial charge in [-0.2, -0.15) is 0 Å². The van der Waals surface area contributed by atoms with E-state index in [1.165, 1.54) is 6.07 Å². The summed E-state index contributed by atoms with van der Waals surface area (Å²) in [5.41, 5.74) is 1.06. The van der Waals surface area contributed by atoms with E-state index in [0.29, 0.717) is 12.1 Å². The quantitative estimate of drug-likeness (QED) is 0.858. The summed E-state index contributed by atoms with van der Waals surface area (Å²) in [6, 6.07) is 4.94. The zero-order chi connectivity index (χ0) is 13.2. The fraction of sp³-hybridized carbons (Fsp3) is 0.500. The second kappa shape index (κ2) is 4.98. The van der Waals surface area contributed by atoms with Crippen LogP contribution < -0.4 is 5.32 Å². The van der Waals surface area contributed by atoms with E-state index in [9.17, 15) is 9.90 Å². The van der Waals surface area contributed by atoms with Gasteiger partial charge >= 0.3 is 0 Å². The minimum absolute atomic E-state index is 0.146. The molecule has 1 fully saturated rings. The number of hydrogen-bond acceptors (Lipinski definition) is 3. The lowest BCUT2D eigenvalue weighted by Crippen LogP contribution is -2.49. The van der Waals surface area contributed by atoms with Crippen LogP contribution in [-0.2, 0) is 4.74 Å². The Morgan fingerprint density at radius 1 is 1.50 bits per heavy atom. The van der Waals surface area contributed by atoms with E-state index in [4.69, 9.17) is 4.74 Å². The molecule has 1 aromatic carbocycles. The van der Waals surface area contributed by atoms with Crippen molar-refractivity contribution in [3.63, 3.8) is 0 Å². The highest BCUT2D eigenvalue weighted by atomic mass is 16.5. The fourth-order valence-corrected chi connectivity index (χ4v) is 2.12. The molecular weight excluding hydrogens is 230 g/mol. The van der Waals surface area contributed by atoms with E-state index < -0.39 is 0 Å². The number of amides is 1. The molecule has 0 bridgehead atoms. The van der Waals surface area contributed by atoms with Crippen LogP contribution in [-0.4, -0.2) is 30.3 Å². The van der Waals surface area contributed by atoms with Crippen LogP contribution in [0.1, 0.15) is 35.2 Å². The van der Waals surface area contributed by atoms with E-state index in [2.05, 4.69) is 5.32 Å². The van der Waals surface area contributed by atoms with Crippen molar-refractivity contribution in [1.29, 1.82) is 0 Å². The third kappa shape index (κ3) is 2.48. The molecule has 2 N–H and O–H groups in total. The zero-order valence-electron chi connectivity index (χ0n) is 10.8. The molecule has 4 nitrogen and oxygen atoms in total. The number of hydrogen-bond donors (Lipinski definition) is 2. The maximum absolute atomic E-state index is 11.9. The molecular formula is C14H19NO3. The van der Waals surface area contributed by atoms with Gasteiger partial charge in [-0.1, -0.05) is 6.07 Å². The Kier molecular flexibility index (Phi) is 3.57. The Labute approximate surface area is 107 Å². The Hall–Kier alpha value is -1.55. The van der Waals surface area contributed by atoms with Gasteiger partial charge in [-0.25, -0.2) is 0 Å². The number of phenolic OH excluding ortho intramolecular Hbond substituents is 1. The highest BCUT2D eigenvalue weighted by Gasteiger charge is 2.37. The average Bonchev–Trinajstić information content (AvgIpc) is 2.31. The second-order valence-corrected chi connectivity index (χ2v) is 4.92. The van der Waals surface area contributed by atoms with Gasteiger partial charge in [0.15, 0.2) is 0 Å². The lowest BCUT2D eigenvalue weighted by molar-refractivity contribution is -0.0679. The summed E-state index contributed by atoms with van der Waals surface area (Å²) >= 11 is 0. The summed E-state index contributed by atoms with van der Waals surface area (Å²) in [5, 5.41) is 12.4. The van der Waals surface area contributed by atoms with E-state index in [0.717, 1.165) is 24.8 Å². The number of carbonyl (C=O) groups is 1. The first-order valence-electron chi connectivity index (χ1n) is 6.19. The maximum atomic E-state index is 11.9. The summed E-state index contributed by atoms with van der Waals surface area (Å²) in [7, 11) is 1.68. The van der Waals surface area contributed by atoms with E-state index >= 15 is 0 Å². The van der Waals surface area contributed by atoms with Gasteiger partial charge in [0.1, 0.15) is 5.75 Å². The predicted octanol–water partition coefficient (Wildman–Crippen LogP) is 2.00. The van der Waals surface area contributed by atoms with Crippen LogP contribution in [0, 0.1) is 6.92 Å². The summed E-state index contributed by atoms with van der Waals surface area (Å²) in [4.78, 5) is 11.9. The lowest BCUT2D eigenvalue weighted by atomic mass is 9.80. The Morgan fingerprint density at radius 3 is 2.72 bits per heavy atom. The second-order valence-electron chi connectivity index (χ2n) is 4.92. The first kappa shape index (κ1) is 12.9. The molecule has 1 amide bonds. The highest BCUT2D eigenvalue weighted by molar-refractivity contribution is 5.94. The number of ether oxygens (including phenoxy) is 1. The first-order valence-corrected chi connectivity index (χ1v) is 6.19. The number of phenols is 1. The molecule has 98 valence electrons. The van der Waals surface area contributed by atoms with Crippen LogP contribution >= 0.6 is 0 Å². The Balaban J connectivity index is 1.97. The van der Waals surface area contributed by atoms with Crippen LogP contribution in [0.2, 0.25) is 0 Å². The van der Waals surface area contributed by atoms with Crippen LogP contribution in [0.25, 0.3) is 0 Å². The molecule has 1 aromatic rings. The van der Waals surface area contributed by atoms with Crippen molar-refractivity contribution in [1.82, 2.24) is 5.32 Å². The van der Waals surface area contributed by atoms with Gasteiger partial charge < -0.3 is 15.2 Å². The minimum atomic E-state index is -0.178. The van der Waals surface area contributed by atoms with Crippen molar-refractivity contribution in [2.45, 2.75) is 31.8 Å². The largest absolute Gasteiger partial charge is 0.508 e. The lowest BCUT2D eigenvalue weighted by Gasteiger charge is -2.40.